The average Bonchev–Trinajstić information content (AvgIpc) is 2.26. The lowest BCUT2D eigenvalue weighted by Gasteiger charge is -2.06. The monoisotopic (exact) mass is 207 g/mol. The fourth-order valence-corrected chi connectivity index (χ4v) is 1.48. The SMILES string of the molecule is COc1ccc(CCC(=O)CN)cc1C. The van der Waals surface area contributed by atoms with Gasteiger partial charge in [0.25, 0.3) is 0 Å². The molecule has 0 saturated heterocycles. The maximum Gasteiger partial charge on any atom is 0.146 e. The Bertz CT molecular complexity index is 347. The molecule has 0 unspecified atom stereocenters. The zero-order valence-electron chi connectivity index (χ0n) is 9.25. The maximum atomic E-state index is 11.0. The predicted molar refractivity (Wildman–Crippen MR) is 60.1 cm³/mol. The molecular formula is C12H17NO2. The summed E-state index contributed by atoms with van der Waals surface area (Å²) in [7, 11) is 1.65. The normalized spacial score (nSPS) is 10.1. The van der Waals surface area contributed by atoms with E-state index in [1.807, 2.05) is 25.1 Å². The molecule has 3 nitrogen and oxygen atoms in total. The number of hydrogen-bond donors (Lipinski definition) is 1. The number of ketones is 1. The Hall–Kier alpha value is -1.35. The van der Waals surface area contributed by atoms with Crippen LogP contribution in [0.15, 0.2) is 18.2 Å². The number of methoxy groups -OCH3 is 1. The van der Waals surface area contributed by atoms with Crippen LogP contribution in [0.4, 0.5) is 0 Å². The Morgan fingerprint density at radius 3 is 2.73 bits per heavy atom. The van der Waals surface area contributed by atoms with Crippen LogP contribution in [-0.4, -0.2) is 19.4 Å². The third kappa shape index (κ3) is 3.36. The molecular weight excluding hydrogens is 190 g/mol. The van der Waals surface area contributed by atoms with Crippen LogP contribution in [0.1, 0.15) is 17.5 Å². The van der Waals surface area contributed by atoms with Gasteiger partial charge in [-0.05, 0) is 30.5 Å². The van der Waals surface area contributed by atoms with E-state index in [9.17, 15) is 4.79 Å². The van der Waals surface area contributed by atoms with E-state index < -0.39 is 0 Å². The van der Waals surface area contributed by atoms with Crippen LogP contribution in [0.5, 0.6) is 5.75 Å². The van der Waals surface area contributed by atoms with Gasteiger partial charge in [0.1, 0.15) is 11.5 Å². The molecule has 0 atom stereocenters. The largest absolute Gasteiger partial charge is 0.496 e. The summed E-state index contributed by atoms with van der Waals surface area (Å²) in [4.78, 5) is 11.0. The second-order valence-corrected chi connectivity index (χ2v) is 3.55. The number of hydrogen-bond acceptors (Lipinski definition) is 3. The number of ether oxygens (including phenoxy) is 1. The summed E-state index contributed by atoms with van der Waals surface area (Å²) in [6.45, 7) is 2.13. The van der Waals surface area contributed by atoms with Crippen molar-refractivity contribution in [2.24, 2.45) is 5.73 Å². The van der Waals surface area contributed by atoms with E-state index in [4.69, 9.17) is 10.5 Å². The van der Waals surface area contributed by atoms with E-state index in [-0.39, 0.29) is 12.3 Å². The van der Waals surface area contributed by atoms with E-state index in [0.29, 0.717) is 6.42 Å². The van der Waals surface area contributed by atoms with Crippen LogP contribution >= 0.6 is 0 Å². The van der Waals surface area contributed by atoms with Crippen molar-refractivity contribution >= 4 is 5.78 Å². The molecule has 82 valence electrons. The summed E-state index contributed by atoms with van der Waals surface area (Å²) < 4.78 is 5.16. The minimum Gasteiger partial charge on any atom is -0.496 e. The number of rotatable bonds is 5. The van der Waals surface area contributed by atoms with E-state index in [2.05, 4.69) is 0 Å². The zero-order valence-corrected chi connectivity index (χ0v) is 9.25. The van der Waals surface area contributed by atoms with Gasteiger partial charge in [0.05, 0.1) is 13.7 Å². The molecule has 15 heavy (non-hydrogen) atoms. The summed E-state index contributed by atoms with van der Waals surface area (Å²) in [5.41, 5.74) is 7.48. The van der Waals surface area contributed by atoms with Crippen LogP contribution in [0.25, 0.3) is 0 Å². The molecule has 0 bridgehead atoms. The first-order valence-electron chi connectivity index (χ1n) is 5.02. The van der Waals surface area contributed by atoms with E-state index >= 15 is 0 Å². The van der Waals surface area contributed by atoms with Crippen molar-refractivity contribution in [3.8, 4) is 5.75 Å². The van der Waals surface area contributed by atoms with Gasteiger partial charge in [0, 0.05) is 6.42 Å². The lowest BCUT2D eigenvalue weighted by atomic mass is 10.0. The van der Waals surface area contributed by atoms with Crippen molar-refractivity contribution in [3.63, 3.8) is 0 Å². The molecule has 3 heteroatoms. The van der Waals surface area contributed by atoms with Gasteiger partial charge < -0.3 is 10.5 Å². The highest BCUT2D eigenvalue weighted by molar-refractivity contribution is 5.80. The van der Waals surface area contributed by atoms with Gasteiger partial charge in [-0.2, -0.15) is 0 Å². The molecule has 0 aromatic heterocycles. The molecule has 0 amide bonds. The Morgan fingerprint density at radius 2 is 2.20 bits per heavy atom. The van der Waals surface area contributed by atoms with Crippen LogP contribution in [0, 0.1) is 6.92 Å². The van der Waals surface area contributed by atoms with Crippen LogP contribution in [0.2, 0.25) is 0 Å². The fourth-order valence-electron chi connectivity index (χ4n) is 1.48. The first-order valence-corrected chi connectivity index (χ1v) is 5.02. The number of carbonyl (C=O) groups is 1. The van der Waals surface area contributed by atoms with Crippen LogP contribution < -0.4 is 10.5 Å². The molecule has 1 aromatic rings. The molecule has 1 aromatic carbocycles. The minimum atomic E-state index is 0.100. The van der Waals surface area contributed by atoms with Gasteiger partial charge in [0.15, 0.2) is 0 Å². The number of benzene rings is 1. The van der Waals surface area contributed by atoms with Gasteiger partial charge in [-0.15, -0.1) is 0 Å². The van der Waals surface area contributed by atoms with Crippen LogP contribution in [0.3, 0.4) is 0 Å². The second-order valence-electron chi connectivity index (χ2n) is 3.55. The highest BCUT2D eigenvalue weighted by Gasteiger charge is 2.02. The molecule has 0 aliphatic rings. The quantitative estimate of drug-likeness (QED) is 0.795. The molecule has 0 heterocycles. The van der Waals surface area contributed by atoms with Crippen molar-refractivity contribution < 1.29 is 9.53 Å². The molecule has 2 N–H and O–H groups in total. The third-order valence-electron chi connectivity index (χ3n) is 2.38. The lowest BCUT2D eigenvalue weighted by molar-refractivity contribution is -0.117. The van der Waals surface area contributed by atoms with Crippen molar-refractivity contribution in [1.82, 2.24) is 0 Å². The van der Waals surface area contributed by atoms with Crippen molar-refractivity contribution in [2.45, 2.75) is 19.8 Å². The average molecular weight is 207 g/mol. The summed E-state index contributed by atoms with van der Waals surface area (Å²) in [6, 6.07) is 5.95. The first kappa shape index (κ1) is 11.7. The molecule has 0 aliphatic heterocycles. The predicted octanol–water partition coefficient (Wildman–Crippen LogP) is 1.46. The minimum absolute atomic E-state index is 0.100. The molecule has 0 saturated carbocycles. The van der Waals surface area contributed by atoms with Crippen LogP contribution in [-0.2, 0) is 11.2 Å². The zero-order chi connectivity index (χ0) is 11.3. The van der Waals surface area contributed by atoms with Crippen molar-refractivity contribution in [3.05, 3.63) is 29.3 Å². The number of nitrogens with two attached hydrogens (primary N) is 1. The maximum absolute atomic E-state index is 11.0. The molecule has 1 rings (SSSR count). The Balaban J connectivity index is 2.63. The van der Waals surface area contributed by atoms with Gasteiger partial charge in [0.2, 0.25) is 0 Å². The second kappa shape index (κ2) is 5.51. The standard InChI is InChI=1S/C12H17NO2/c1-9-7-10(3-5-11(14)8-13)4-6-12(9)15-2/h4,6-7H,3,5,8,13H2,1-2H3. The molecule has 0 radical (unpaired) electrons. The Kier molecular flexibility index (Phi) is 4.31. The number of carbonyl (C=O) groups excluding carboxylic acids is 1. The van der Waals surface area contributed by atoms with E-state index in [1.54, 1.807) is 7.11 Å². The van der Waals surface area contributed by atoms with Crippen molar-refractivity contribution in [1.29, 1.82) is 0 Å². The molecule has 0 fully saturated rings. The van der Waals surface area contributed by atoms with E-state index in [0.717, 1.165) is 23.3 Å². The first-order chi connectivity index (χ1) is 7.17. The van der Waals surface area contributed by atoms with Gasteiger partial charge >= 0.3 is 0 Å². The number of Topliss-reactive ketones (excluding diaryl/α,β-unsaturated/α-hetero) is 1. The highest BCUT2D eigenvalue weighted by Crippen LogP contribution is 2.19. The van der Waals surface area contributed by atoms with E-state index in [1.165, 1.54) is 0 Å². The fraction of sp³-hybridized carbons (Fsp3) is 0.417. The highest BCUT2D eigenvalue weighted by atomic mass is 16.5. The number of aryl methyl sites for hydroxylation is 2. The van der Waals surface area contributed by atoms with Gasteiger partial charge in [-0.1, -0.05) is 12.1 Å². The molecule has 0 aliphatic carbocycles. The Morgan fingerprint density at radius 1 is 1.47 bits per heavy atom. The Labute approximate surface area is 90.2 Å². The van der Waals surface area contributed by atoms with Gasteiger partial charge in [-0.25, -0.2) is 0 Å². The smallest absolute Gasteiger partial charge is 0.146 e. The lowest BCUT2D eigenvalue weighted by Crippen LogP contribution is -2.13. The summed E-state index contributed by atoms with van der Waals surface area (Å²) >= 11 is 0. The summed E-state index contributed by atoms with van der Waals surface area (Å²) in [5, 5.41) is 0. The van der Waals surface area contributed by atoms with Gasteiger partial charge in [-0.3, -0.25) is 4.79 Å². The van der Waals surface area contributed by atoms with Crippen molar-refractivity contribution in [2.75, 3.05) is 13.7 Å². The topological polar surface area (TPSA) is 52.3 Å². The summed E-state index contributed by atoms with van der Waals surface area (Å²) in [6.07, 6.45) is 1.27. The summed E-state index contributed by atoms with van der Waals surface area (Å²) in [5.74, 6) is 0.979. The third-order valence-corrected chi connectivity index (χ3v) is 2.38. The molecule has 0 spiro atoms.